The number of nitro benzene ring substituents is 1. The third-order valence-corrected chi connectivity index (χ3v) is 5.19. The highest BCUT2D eigenvalue weighted by atomic mass is 32.2. The Morgan fingerprint density at radius 2 is 1.77 bits per heavy atom. The molecule has 0 atom stereocenters. The van der Waals surface area contributed by atoms with Gasteiger partial charge in [-0.2, -0.15) is 0 Å². The number of para-hydroxylation sites is 2. The average Bonchev–Trinajstić information content (AvgIpc) is 3.11. The molecule has 0 unspecified atom stereocenters. The molecule has 26 heavy (non-hydrogen) atoms. The van der Waals surface area contributed by atoms with Crippen molar-refractivity contribution in [2.75, 3.05) is 0 Å². The van der Waals surface area contributed by atoms with E-state index in [1.54, 1.807) is 12.1 Å². The summed E-state index contributed by atoms with van der Waals surface area (Å²) in [5.41, 5.74) is 3.69. The number of nitro groups is 1. The summed E-state index contributed by atoms with van der Waals surface area (Å²) in [4.78, 5) is 19.6. The number of hydrogen-bond donors (Lipinski definition) is 1. The lowest BCUT2D eigenvalue weighted by molar-refractivity contribution is -0.387. The average molecular weight is 361 g/mol. The molecule has 0 spiro atoms. The summed E-state index contributed by atoms with van der Waals surface area (Å²) < 4.78 is 0. The van der Waals surface area contributed by atoms with Gasteiger partial charge in [0.15, 0.2) is 0 Å². The molecule has 0 bridgehead atoms. The second kappa shape index (κ2) is 7.01. The number of nitrogens with one attached hydrogen (secondary N) is 1. The number of H-pyrrole nitrogens is 1. The number of fused-ring (bicyclic) bond motifs is 1. The molecule has 1 N–H and O–H groups in total. The molecule has 0 amide bonds. The number of hydrogen-bond acceptors (Lipinski definition) is 4. The van der Waals surface area contributed by atoms with E-state index in [1.807, 2.05) is 60.7 Å². The lowest BCUT2D eigenvalue weighted by Gasteiger charge is -2.05. The molecule has 0 fully saturated rings. The van der Waals surface area contributed by atoms with Crippen LogP contribution in [-0.2, 0) is 5.75 Å². The molecule has 6 heteroatoms. The summed E-state index contributed by atoms with van der Waals surface area (Å²) in [7, 11) is 0. The summed E-state index contributed by atoms with van der Waals surface area (Å²) in [5, 5.41) is 11.6. The van der Waals surface area contributed by atoms with Gasteiger partial charge in [-0.15, -0.1) is 11.8 Å². The van der Waals surface area contributed by atoms with Gasteiger partial charge in [-0.25, -0.2) is 4.98 Å². The maximum atomic E-state index is 11.6. The Morgan fingerprint density at radius 1 is 1.00 bits per heavy atom. The number of imidazole rings is 1. The van der Waals surface area contributed by atoms with Crippen LogP contribution in [0.3, 0.4) is 0 Å². The van der Waals surface area contributed by atoms with Crippen LogP contribution in [0.2, 0.25) is 0 Å². The maximum Gasteiger partial charge on any atom is 0.283 e. The van der Waals surface area contributed by atoms with Crippen LogP contribution >= 0.6 is 11.8 Å². The highest BCUT2D eigenvalue weighted by Crippen LogP contribution is 2.34. The second-order valence-corrected chi connectivity index (χ2v) is 6.83. The molecule has 128 valence electrons. The fourth-order valence-corrected chi connectivity index (χ4v) is 3.71. The molecule has 4 aromatic rings. The third-order valence-electron chi connectivity index (χ3n) is 4.06. The Morgan fingerprint density at radius 3 is 2.54 bits per heavy atom. The Hall–Kier alpha value is -3.12. The highest BCUT2D eigenvalue weighted by Gasteiger charge is 2.17. The van der Waals surface area contributed by atoms with Gasteiger partial charge in [0.25, 0.3) is 5.69 Å². The molecule has 0 saturated heterocycles. The Labute approximate surface area is 154 Å². The molecule has 1 heterocycles. The van der Waals surface area contributed by atoms with Crippen molar-refractivity contribution < 1.29 is 4.92 Å². The van der Waals surface area contributed by atoms with E-state index < -0.39 is 0 Å². The topological polar surface area (TPSA) is 71.8 Å². The van der Waals surface area contributed by atoms with Crippen molar-refractivity contribution in [3.8, 4) is 11.4 Å². The van der Waals surface area contributed by atoms with Crippen LogP contribution < -0.4 is 0 Å². The van der Waals surface area contributed by atoms with Gasteiger partial charge in [0, 0.05) is 17.4 Å². The van der Waals surface area contributed by atoms with E-state index in [0.717, 1.165) is 16.6 Å². The molecule has 4 rings (SSSR count). The zero-order valence-corrected chi connectivity index (χ0v) is 14.6. The fourth-order valence-electron chi connectivity index (χ4n) is 2.75. The molecule has 0 aliphatic carbocycles. The van der Waals surface area contributed by atoms with Crippen LogP contribution in [0.15, 0.2) is 77.7 Å². The van der Waals surface area contributed by atoms with Crippen molar-refractivity contribution >= 4 is 28.5 Å². The third kappa shape index (κ3) is 3.32. The van der Waals surface area contributed by atoms with E-state index in [0.29, 0.717) is 22.0 Å². The first-order valence-electron chi connectivity index (χ1n) is 8.11. The van der Waals surface area contributed by atoms with Crippen LogP contribution in [-0.4, -0.2) is 14.9 Å². The van der Waals surface area contributed by atoms with Crippen molar-refractivity contribution in [2.45, 2.75) is 10.6 Å². The highest BCUT2D eigenvalue weighted by molar-refractivity contribution is 7.98. The molecular weight excluding hydrogens is 346 g/mol. The first-order valence-corrected chi connectivity index (χ1v) is 9.09. The first kappa shape index (κ1) is 16.4. The number of nitrogens with zero attached hydrogens (tertiary/aromatic N) is 2. The fraction of sp³-hybridized carbons (Fsp3) is 0.0500. The second-order valence-electron chi connectivity index (χ2n) is 5.82. The van der Waals surface area contributed by atoms with Crippen molar-refractivity contribution in [2.24, 2.45) is 0 Å². The van der Waals surface area contributed by atoms with Crippen LogP contribution in [0.5, 0.6) is 0 Å². The molecule has 0 aliphatic rings. The Balaban J connectivity index is 1.65. The van der Waals surface area contributed by atoms with Gasteiger partial charge >= 0.3 is 0 Å². The number of thioether (sulfide) groups is 1. The standard InChI is InChI=1S/C20H15N3O2S/c24-23(25)18-12-15(20-21-16-8-4-5-9-17(16)22-20)10-11-19(18)26-13-14-6-2-1-3-7-14/h1-12H,13H2,(H,21,22). The smallest absolute Gasteiger partial charge is 0.283 e. The van der Waals surface area contributed by atoms with E-state index in [9.17, 15) is 10.1 Å². The van der Waals surface area contributed by atoms with Crippen LogP contribution in [0, 0.1) is 10.1 Å². The van der Waals surface area contributed by atoms with E-state index in [1.165, 1.54) is 11.8 Å². The van der Waals surface area contributed by atoms with Crippen molar-refractivity contribution in [3.05, 3.63) is 88.5 Å². The van der Waals surface area contributed by atoms with Crippen LogP contribution in [0.4, 0.5) is 5.69 Å². The van der Waals surface area contributed by atoms with Crippen molar-refractivity contribution in [1.82, 2.24) is 9.97 Å². The summed E-state index contributed by atoms with van der Waals surface area (Å²) >= 11 is 1.47. The predicted octanol–water partition coefficient (Wildman–Crippen LogP) is 5.43. The van der Waals surface area contributed by atoms with Gasteiger partial charge in [0.2, 0.25) is 0 Å². The van der Waals surface area contributed by atoms with Gasteiger partial charge in [-0.3, -0.25) is 10.1 Å². The summed E-state index contributed by atoms with van der Waals surface area (Å²) in [6.45, 7) is 0. The normalized spacial score (nSPS) is 10.9. The molecule has 0 aliphatic heterocycles. The van der Waals surface area contributed by atoms with E-state index >= 15 is 0 Å². The summed E-state index contributed by atoms with van der Waals surface area (Å²) in [6, 6.07) is 22.9. The molecule has 0 saturated carbocycles. The molecule has 5 nitrogen and oxygen atoms in total. The minimum absolute atomic E-state index is 0.101. The van der Waals surface area contributed by atoms with Crippen LogP contribution in [0.25, 0.3) is 22.4 Å². The van der Waals surface area contributed by atoms with Crippen LogP contribution in [0.1, 0.15) is 5.56 Å². The first-order chi connectivity index (χ1) is 12.7. The monoisotopic (exact) mass is 361 g/mol. The largest absolute Gasteiger partial charge is 0.338 e. The molecular formula is C20H15N3O2S. The zero-order chi connectivity index (χ0) is 17.9. The quantitative estimate of drug-likeness (QED) is 0.292. The minimum Gasteiger partial charge on any atom is -0.338 e. The minimum atomic E-state index is -0.334. The Bertz CT molecular complexity index is 1040. The van der Waals surface area contributed by atoms with Gasteiger partial charge in [0.1, 0.15) is 5.82 Å². The van der Waals surface area contributed by atoms with Crippen molar-refractivity contribution in [3.63, 3.8) is 0 Å². The maximum absolute atomic E-state index is 11.6. The Kier molecular flexibility index (Phi) is 4.41. The van der Waals surface area contributed by atoms with Gasteiger partial charge in [0.05, 0.1) is 20.9 Å². The van der Waals surface area contributed by atoms with Gasteiger partial charge in [-0.1, -0.05) is 42.5 Å². The van der Waals surface area contributed by atoms with Gasteiger partial charge in [-0.05, 0) is 29.8 Å². The van der Waals surface area contributed by atoms with E-state index in [-0.39, 0.29) is 10.6 Å². The lowest BCUT2D eigenvalue weighted by Crippen LogP contribution is -1.93. The van der Waals surface area contributed by atoms with Crippen molar-refractivity contribution in [1.29, 1.82) is 0 Å². The summed E-state index contributed by atoms with van der Waals surface area (Å²) in [6.07, 6.45) is 0. The van der Waals surface area contributed by atoms with E-state index in [2.05, 4.69) is 9.97 Å². The number of rotatable bonds is 5. The van der Waals surface area contributed by atoms with E-state index in [4.69, 9.17) is 0 Å². The summed E-state index contributed by atoms with van der Waals surface area (Å²) in [5.74, 6) is 1.32. The SMILES string of the molecule is O=[N+]([O-])c1cc(-c2nc3ccccc3[nH]2)ccc1SCc1ccccc1. The molecule has 0 radical (unpaired) electrons. The predicted molar refractivity (Wildman–Crippen MR) is 104 cm³/mol. The number of benzene rings is 3. The molecule has 1 aromatic heterocycles. The molecule has 3 aromatic carbocycles. The number of aromatic amines is 1. The van der Waals surface area contributed by atoms with Gasteiger partial charge < -0.3 is 4.98 Å². The lowest BCUT2D eigenvalue weighted by atomic mass is 10.2. The number of aromatic nitrogens is 2. The zero-order valence-electron chi connectivity index (χ0n) is 13.8.